The van der Waals surface area contributed by atoms with Crippen LogP contribution in [-0.2, 0) is 6.61 Å². The molecule has 126 valence electrons. The Hall–Kier alpha value is -2.70. The molecular weight excluding hydrogens is 356 g/mol. The summed E-state index contributed by atoms with van der Waals surface area (Å²) in [5, 5.41) is 11.8. The van der Waals surface area contributed by atoms with Crippen molar-refractivity contribution in [2.24, 2.45) is 5.10 Å². The quantitative estimate of drug-likeness (QED) is 0.504. The molecule has 0 fully saturated rings. The number of aromatic amines is 1. The zero-order valence-corrected chi connectivity index (χ0v) is 14.7. The third-order valence-electron chi connectivity index (χ3n) is 3.26. The SMILES string of the molecule is S=c1[nH]nc(COc2ccc(Cl)cc2)n1/N=C\C=C\c1ccccc1. The van der Waals surface area contributed by atoms with Crippen molar-refractivity contribution in [1.29, 1.82) is 0 Å². The average molecular weight is 371 g/mol. The third kappa shape index (κ3) is 4.89. The molecule has 3 aromatic rings. The number of benzene rings is 2. The fraction of sp³-hybridized carbons (Fsp3) is 0.0556. The number of allylic oxidation sites excluding steroid dienone is 1. The summed E-state index contributed by atoms with van der Waals surface area (Å²) in [4.78, 5) is 0. The lowest BCUT2D eigenvalue weighted by atomic mass is 10.2. The Labute approximate surface area is 155 Å². The highest BCUT2D eigenvalue weighted by Gasteiger charge is 2.05. The van der Waals surface area contributed by atoms with Gasteiger partial charge in [0, 0.05) is 11.2 Å². The Bertz CT molecular complexity index is 930. The van der Waals surface area contributed by atoms with E-state index in [4.69, 9.17) is 28.6 Å². The number of ether oxygens (including phenoxy) is 1. The van der Waals surface area contributed by atoms with Gasteiger partial charge in [0.25, 0.3) is 0 Å². The maximum atomic E-state index is 5.86. The van der Waals surface area contributed by atoms with E-state index in [0.29, 0.717) is 21.4 Å². The molecule has 1 N–H and O–H groups in total. The minimum absolute atomic E-state index is 0.231. The number of rotatable bonds is 6. The van der Waals surface area contributed by atoms with Crippen molar-refractivity contribution in [1.82, 2.24) is 14.9 Å². The van der Waals surface area contributed by atoms with Crippen LogP contribution in [0, 0.1) is 4.77 Å². The molecular formula is C18H15ClN4OS. The maximum absolute atomic E-state index is 5.86. The molecule has 0 atom stereocenters. The van der Waals surface area contributed by atoms with E-state index in [-0.39, 0.29) is 6.61 Å². The fourth-order valence-electron chi connectivity index (χ4n) is 2.04. The van der Waals surface area contributed by atoms with Crippen molar-refractivity contribution in [3.63, 3.8) is 0 Å². The van der Waals surface area contributed by atoms with E-state index in [9.17, 15) is 0 Å². The van der Waals surface area contributed by atoms with Gasteiger partial charge in [0.2, 0.25) is 4.77 Å². The summed E-state index contributed by atoms with van der Waals surface area (Å²) in [6, 6.07) is 17.1. The zero-order chi connectivity index (χ0) is 17.5. The molecule has 0 radical (unpaired) electrons. The van der Waals surface area contributed by atoms with Crippen LogP contribution in [0.4, 0.5) is 0 Å². The zero-order valence-electron chi connectivity index (χ0n) is 13.2. The van der Waals surface area contributed by atoms with Crippen molar-refractivity contribution in [2.45, 2.75) is 6.61 Å². The maximum Gasteiger partial charge on any atom is 0.216 e. The topological polar surface area (TPSA) is 55.2 Å². The summed E-state index contributed by atoms with van der Waals surface area (Å²) in [5.41, 5.74) is 1.09. The Morgan fingerprint density at radius 2 is 1.92 bits per heavy atom. The fourth-order valence-corrected chi connectivity index (χ4v) is 2.36. The van der Waals surface area contributed by atoms with E-state index < -0.39 is 0 Å². The van der Waals surface area contributed by atoms with Crippen LogP contribution in [0.5, 0.6) is 5.75 Å². The first-order chi connectivity index (χ1) is 12.2. The van der Waals surface area contributed by atoms with E-state index in [2.05, 4.69) is 15.3 Å². The molecule has 5 nitrogen and oxygen atoms in total. The van der Waals surface area contributed by atoms with Crippen LogP contribution < -0.4 is 4.74 Å². The highest BCUT2D eigenvalue weighted by molar-refractivity contribution is 7.71. The highest BCUT2D eigenvalue weighted by atomic mass is 35.5. The minimum Gasteiger partial charge on any atom is -0.486 e. The van der Waals surface area contributed by atoms with Gasteiger partial charge in [0.15, 0.2) is 5.82 Å². The van der Waals surface area contributed by atoms with Crippen molar-refractivity contribution >= 4 is 36.1 Å². The Balaban J connectivity index is 1.67. The van der Waals surface area contributed by atoms with Crippen LogP contribution in [0.1, 0.15) is 11.4 Å². The summed E-state index contributed by atoms with van der Waals surface area (Å²) in [6.45, 7) is 0.231. The number of hydrogen-bond donors (Lipinski definition) is 1. The molecule has 0 saturated heterocycles. The average Bonchev–Trinajstić information content (AvgIpc) is 2.99. The summed E-state index contributed by atoms with van der Waals surface area (Å²) in [7, 11) is 0. The van der Waals surface area contributed by atoms with Crippen LogP contribution in [-0.4, -0.2) is 21.1 Å². The molecule has 0 aliphatic heterocycles. The lowest BCUT2D eigenvalue weighted by Crippen LogP contribution is -2.03. The van der Waals surface area contributed by atoms with Gasteiger partial charge in [-0.05, 0) is 48.1 Å². The van der Waals surface area contributed by atoms with Crippen LogP contribution in [0.25, 0.3) is 6.08 Å². The molecule has 0 aliphatic carbocycles. The van der Waals surface area contributed by atoms with Crippen molar-refractivity contribution in [3.05, 3.63) is 81.9 Å². The second kappa shape index (κ2) is 8.41. The second-order valence-corrected chi connectivity index (χ2v) is 5.86. The first-order valence-electron chi connectivity index (χ1n) is 7.53. The van der Waals surface area contributed by atoms with Gasteiger partial charge >= 0.3 is 0 Å². The van der Waals surface area contributed by atoms with Gasteiger partial charge in [-0.2, -0.15) is 14.9 Å². The molecule has 0 saturated carbocycles. The van der Waals surface area contributed by atoms with Gasteiger partial charge in [-0.25, -0.2) is 5.10 Å². The number of hydrogen-bond acceptors (Lipinski definition) is 4. The Morgan fingerprint density at radius 3 is 2.68 bits per heavy atom. The minimum atomic E-state index is 0.231. The summed E-state index contributed by atoms with van der Waals surface area (Å²) >= 11 is 11.1. The molecule has 0 bridgehead atoms. The standard InChI is InChI=1S/C18H15ClN4OS/c19-15-8-10-16(11-9-15)24-13-17-21-22-18(25)23(17)20-12-4-7-14-5-2-1-3-6-14/h1-12H,13H2,(H,22,25)/b7-4+,20-12-. The molecule has 1 heterocycles. The van der Waals surface area contributed by atoms with E-state index >= 15 is 0 Å². The number of H-pyrrole nitrogens is 1. The van der Waals surface area contributed by atoms with Gasteiger partial charge in [-0.1, -0.05) is 48.0 Å². The largest absolute Gasteiger partial charge is 0.486 e. The number of nitrogens with one attached hydrogen (secondary N) is 1. The number of nitrogens with zero attached hydrogens (tertiary/aromatic N) is 3. The van der Waals surface area contributed by atoms with Gasteiger partial charge < -0.3 is 4.74 Å². The molecule has 0 aliphatic rings. The first kappa shape index (κ1) is 17.1. The summed E-state index contributed by atoms with van der Waals surface area (Å²) in [5.74, 6) is 1.27. The predicted octanol–water partition coefficient (Wildman–Crippen LogP) is 4.72. The smallest absolute Gasteiger partial charge is 0.216 e. The molecule has 1 aromatic heterocycles. The van der Waals surface area contributed by atoms with Crippen LogP contribution in [0.2, 0.25) is 5.02 Å². The highest BCUT2D eigenvalue weighted by Crippen LogP contribution is 2.16. The summed E-state index contributed by atoms with van der Waals surface area (Å²) < 4.78 is 7.61. The lowest BCUT2D eigenvalue weighted by Gasteiger charge is -2.05. The second-order valence-electron chi connectivity index (χ2n) is 5.03. The van der Waals surface area contributed by atoms with Gasteiger partial charge in [0.1, 0.15) is 12.4 Å². The molecule has 3 rings (SSSR count). The van der Waals surface area contributed by atoms with Crippen molar-refractivity contribution in [3.8, 4) is 5.75 Å². The molecule has 0 unspecified atom stereocenters. The Morgan fingerprint density at radius 1 is 1.16 bits per heavy atom. The molecule has 0 amide bonds. The van der Waals surface area contributed by atoms with E-state index in [1.807, 2.05) is 42.5 Å². The number of aromatic nitrogens is 3. The third-order valence-corrected chi connectivity index (χ3v) is 3.77. The molecule has 0 spiro atoms. The number of halogens is 1. The molecule has 7 heteroatoms. The lowest BCUT2D eigenvalue weighted by molar-refractivity contribution is 0.290. The molecule has 25 heavy (non-hydrogen) atoms. The van der Waals surface area contributed by atoms with E-state index in [1.54, 1.807) is 30.5 Å². The van der Waals surface area contributed by atoms with E-state index in [1.165, 1.54) is 4.68 Å². The Kier molecular flexibility index (Phi) is 5.77. The first-order valence-corrected chi connectivity index (χ1v) is 8.32. The van der Waals surface area contributed by atoms with Crippen molar-refractivity contribution < 1.29 is 4.74 Å². The van der Waals surface area contributed by atoms with Gasteiger partial charge in [0.05, 0.1) is 0 Å². The predicted molar refractivity (Wildman–Crippen MR) is 103 cm³/mol. The van der Waals surface area contributed by atoms with Gasteiger partial charge in [-0.15, -0.1) is 0 Å². The van der Waals surface area contributed by atoms with Crippen LogP contribution >= 0.6 is 23.8 Å². The van der Waals surface area contributed by atoms with E-state index in [0.717, 1.165) is 5.56 Å². The van der Waals surface area contributed by atoms with Gasteiger partial charge in [-0.3, -0.25) is 0 Å². The van der Waals surface area contributed by atoms with Crippen LogP contribution in [0.15, 0.2) is 65.8 Å². The summed E-state index contributed by atoms with van der Waals surface area (Å²) in [6.07, 6.45) is 5.45. The van der Waals surface area contributed by atoms with Crippen molar-refractivity contribution in [2.75, 3.05) is 0 Å². The van der Waals surface area contributed by atoms with Crippen LogP contribution in [0.3, 0.4) is 0 Å². The monoisotopic (exact) mass is 370 g/mol. The molecule has 2 aromatic carbocycles. The normalized spacial score (nSPS) is 11.4.